The Hall–Kier alpha value is -0.100. The van der Waals surface area contributed by atoms with Crippen LogP contribution in [-0.4, -0.2) is 36.7 Å². The predicted molar refractivity (Wildman–Crippen MR) is 69.9 cm³/mol. The third kappa shape index (κ3) is 3.02. The number of carbonyl (C=O) groups is 1. The van der Waals surface area contributed by atoms with Gasteiger partial charge in [0.15, 0.2) is 9.84 Å². The molecule has 2 rings (SSSR count). The van der Waals surface area contributed by atoms with Gasteiger partial charge in [0.1, 0.15) is 0 Å². The molecule has 1 saturated heterocycles. The number of rotatable bonds is 3. The molecule has 4 nitrogen and oxygen atoms in total. The van der Waals surface area contributed by atoms with Gasteiger partial charge in [0.05, 0.1) is 17.4 Å². The first-order chi connectivity index (χ1) is 7.96. The monoisotopic (exact) mass is 323 g/mol. The van der Waals surface area contributed by atoms with Crippen LogP contribution in [0.5, 0.6) is 0 Å². The average Bonchev–Trinajstić information content (AvgIpc) is 2.86. The van der Waals surface area contributed by atoms with Gasteiger partial charge < -0.3 is 5.32 Å². The Labute approximate surface area is 111 Å². The van der Waals surface area contributed by atoms with E-state index in [1.165, 1.54) is 0 Å². The molecule has 2 fully saturated rings. The zero-order valence-electron chi connectivity index (χ0n) is 9.75. The van der Waals surface area contributed by atoms with Crippen molar-refractivity contribution >= 4 is 31.7 Å². The number of carbonyl (C=O) groups excluding carboxylic acids is 1. The van der Waals surface area contributed by atoms with Crippen molar-refractivity contribution in [2.24, 2.45) is 5.92 Å². The second-order valence-electron chi connectivity index (χ2n) is 5.21. The summed E-state index contributed by atoms with van der Waals surface area (Å²) in [5, 5.41) is 3.83. The lowest BCUT2D eigenvalue weighted by molar-refractivity contribution is -0.125. The van der Waals surface area contributed by atoms with E-state index in [9.17, 15) is 13.2 Å². The fraction of sp³-hybridized carbons (Fsp3) is 0.909. The standard InChI is InChI=1S/C11H18BrNO3S/c12-8-11(4-1-2-5-11)13-10(14)9-3-6-17(15,16)7-9/h9H,1-8H2,(H,13,14). The minimum Gasteiger partial charge on any atom is -0.350 e. The van der Waals surface area contributed by atoms with E-state index >= 15 is 0 Å². The molecule has 1 heterocycles. The topological polar surface area (TPSA) is 63.2 Å². The van der Waals surface area contributed by atoms with Crippen molar-refractivity contribution in [3.8, 4) is 0 Å². The normalized spacial score (nSPS) is 30.3. The molecular weight excluding hydrogens is 306 g/mol. The van der Waals surface area contributed by atoms with Crippen molar-refractivity contribution in [1.29, 1.82) is 0 Å². The summed E-state index contributed by atoms with van der Waals surface area (Å²) in [6, 6.07) is 0. The van der Waals surface area contributed by atoms with Crippen LogP contribution >= 0.6 is 15.9 Å². The number of hydrogen-bond donors (Lipinski definition) is 1. The Morgan fingerprint density at radius 2 is 2.00 bits per heavy atom. The Morgan fingerprint density at radius 3 is 2.47 bits per heavy atom. The van der Waals surface area contributed by atoms with Crippen molar-refractivity contribution in [3.05, 3.63) is 0 Å². The Bertz CT molecular complexity index is 401. The molecule has 0 aromatic heterocycles. The maximum atomic E-state index is 12.1. The van der Waals surface area contributed by atoms with E-state index in [0.717, 1.165) is 31.0 Å². The van der Waals surface area contributed by atoms with Crippen molar-refractivity contribution in [2.75, 3.05) is 16.8 Å². The number of halogens is 1. The first-order valence-corrected chi connectivity index (χ1v) is 8.99. The van der Waals surface area contributed by atoms with Crippen molar-refractivity contribution in [3.63, 3.8) is 0 Å². The molecule has 0 radical (unpaired) electrons. The third-order valence-corrected chi connectivity index (χ3v) is 6.65. The maximum Gasteiger partial charge on any atom is 0.224 e. The van der Waals surface area contributed by atoms with Gasteiger partial charge in [-0.05, 0) is 19.3 Å². The van der Waals surface area contributed by atoms with Crippen LogP contribution in [0.4, 0.5) is 0 Å². The highest BCUT2D eigenvalue weighted by molar-refractivity contribution is 9.09. The van der Waals surface area contributed by atoms with Gasteiger partial charge in [-0.15, -0.1) is 0 Å². The smallest absolute Gasteiger partial charge is 0.224 e. The third-order valence-electron chi connectivity index (χ3n) is 3.81. The first-order valence-electron chi connectivity index (χ1n) is 6.05. The van der Waals surface area contributed by atoms with Crippen LogP contribution in [-0.2, 0) is 14.6 Å². The molecule has 1 saturated carbocycles. The molecule has 2 aliphatic rings. The maximum absolute atomic E-state index is 12.1. The minimum atomic E-state index is -2.97. The fourth-order valence-electron chi connectivity index (χ4n) is 2.71. The number of hydrogen-bond acceptors (Lipinski definition) is 3. The van der Waals surface area contributed by atoms with Crippen molar-refractivity contribution in [2.45, 2.75) is 37.6 Å². The number of amides is 1. The van der Waals surface area contributed by atoms with Gasteiger partial charge in [-0.3, -0.25) is 4.79 Å². The molecule has 0 aromatic rings. The molecule has 0 spiro atoms. The fourth-order valence-corrected chi connectivity index (χ4v) is 5.15. The quantitative estimate of drug-likeness (QED) is 0.795. The lowest BCUT2D eigenvalue weighted by Crippen LogP contribution is -2.50. The molecule has 1 atom stereocenters. The molecule has 1 aliphatic heterocycles. The van der Waals surface area contributed by atoms with Crippen LogP contribution in [0.15, 0.2) is 0 Å². The molecule has 6 heteroatoms. The van der Waals surface area contributed by atoms with Crippen LogP contribution in [0.3, 0.4) is 0 Å². The lowest BCUT2D eigenvalue weighted by atomic mass is 9.98. The van der Waals surface area contributed by atoms with Gasteiger partial charge in [0.2, 0.25) is 5.91 Å². The number of nitrogens with one attached hydrogen (secondary N) is 1. The summed E-state index contributed by atoms with van der Waals surface area (Å²) < 4.78 is 22.7. The van der Waals surface area contributed by atoms with Gasteiger partial charge in [-0.1, -0.05) is 28.8 Å². The van der Waals surface area contributed by atoms with E-state index in [1.807, 2.05) is 0 Å². The average molecular weight is 324 g/mol. The van der Waals surface area contributed by atoms with Crippen LogP contribution in [0, 0.1) is 5.92 Å². The summed E-state index contributed by atoms with van der Waals surface area (Å²) in [5.74, 6) is -0.229. The Kier molecular flexibility index (Phi) is 3.83. The molecule has 1 N–H and O–H groups in total. The Morgan fingerprint density at radius 1 is 1.35 bits per heavy atom. The van der Waals surface area contributed by atoms with E-state index in [-0.39, 0.29) is 28.9 Å². The second kappa shape index (κ2) is 4.88. The van der Waals surface area contributed by atoms with Crippen LogP contribution in [0.2, 0.25) is 0 Å². The van der Waals surface area contributed by atoms with Gasteiger partial charge in [-0.25, -0.2) is 8.42 Å². The highest BCUT2D eigenvalue weighted by Gasteiger charge is 2.39. The highest BCUT2D eigenvalue weighted by atomic mass is 79.9. The van der Waals surface area contributed by atoms with Gasteiger partial charge in [0.25, 0.3) is 0 Å². The molecule has 98 valence electrons. The summed E-state index contributed by atoms with van der Waals surface area (Å²) in [5.41, 5.74) is -0.135. The van der Waals surface area contributed by atoms with E-state index in [2.05, 4.69) is 21.2 Å². The molecule has 1 aliphatic carbocycles. The zero-order chi connectivity index (χ0) is 12.5. The van der Waals surface area contributed by atoms with Crippen LogP contribution in [0.1, 0.15) is 32.1 Å². The SMILES string of the molecule is O=C(NC1(CBr)CCCC1)C1CCS(=O)(=O)C1. The number of alkyl halides is 1. The molecule has 0 aromatic carbocycles. The Balaban J connectivity index is 1.97. The van der Waals surface area contributed by atoms with Gasteiger partial charge in [0, 0.05) is 10.9 Å². The summed E-state index contributed by atoms with van der Waals surface area (Å²) in [6.07, 6.45) is 4.73. The van der Waals surface area contributed by atoms with E-state index in [4.69, 9.17) is 0 Å². The largest absolute Gasteiger partial charge is 0.350 e. The van der Waals surface area contributed by atoms with Crippen LogP contribution < -0.4 is 5.32 Å². The summed E-state index contributed by atoms with van der Waals surface area (Å²) >= 11 is 3.46. The zero-order valence-corrected chi connectivity index (χ0v) is 12.1. The summed E-state index contributed by atoms with van der Waals surface area (Å²) in [4.78, 5) is 12.1. The molecule has 1 amide bonds. The van der Waals surface area contributed by atoms with Crippen molar-refractivity contribution in [1.82, 2.24) is 5.32 Å². The van der Waals surface area contributed by atoms with E-state index in [0.29, 0.717) is 6.42 Å². The molecule has 17 heavy (non-hydrogen) atoms. The van der Waals surface area contributed by atoms with Crippen LogP contribution in [0.25, 0.3) is 0 Å². The number of sulfone groups is 1. The van der Waals surface area contributed by atoms with E-state index < -0.39 is 9.84 Å². The van der Waals surface area contributed by atoms with Gasteiger partial charge >= 0.3 is 0 Å². The van der Waals surface area contributed by atoms with E-state index in [1.54, 1.807) is 0 Å². The second-order valence-corrected chi connectivity index (χ2v) is 8.00. The minimum absolute atomic E-state index is 0.0250. The molecule has 0 bridgehead atoms. The molecule has 1 unspecified atom stereocenters. The first kappa shape index (κ1) is 13.3. The summed E-state index contributed by atoms with van der Waals surface area (Å²) in [6.45, 7) is 0. The van der Waals surface area contributed by atoms with Crippen molar-refractivity contribution < 1.29 is 13.2 Å². The highest BCUT2D eigenvalue weighted by Crippen LogP contribution is 2.32. The lowest BCUT2D eigenvalue weighted by Gasteiger charge is -2.29. The molecular formula is C11H18BrNO3S. The summed E-state index contributed by atoms with van der Waals surface area (Å²) in [7, 11) is -2.97. The van der Waals surface area contributed by atoms with Gasteiger partial charge in [-0.2, -0.15) is 0 Å². The predicted octanol–water partition coefficient (Wildman–Crippen LogP) is 1.24.